The zero-order valence-electron chi connectivity index (χ0n) is 27.1. The largest absolute Gasteiger partial charge is 0.479 e. The van der Waals surface area contributed by atoms with Crippen molar-refractivity contribution in [3.8, 4) is 0 Å². The van der Waals surface area contributed by atoms with E-state index in [1.54, 1.807) is 5.32 Å². The Morgan fingerprint density at radius 2 is 1.56 bits per heavy atom. The number of carbonyl (C=O) groups is 2. The first-order chi connectivity index (χ1) is 22.7. The van der Waals surface area contributed by atoms with Crippen molar-refractivity contribution >= 4 is 11.9 Å². The van der Waals surface area contributed by atoms with E-state index in [1.165, 1.54) is 6.92 Å². The summed E-state index contributed by atoms with van der Waals surface area (Å²) in [6.45, 7) is 2.50. The van der Waals surface area contributed by atoms with Crippen LogP contribution in [0.2, 0.25) is 0 Å². The molecule has 2 saturated carbocycles. The van der Waals surface area contributed by atoms with Crippen LogP contribution in [0.25, 0.3) is 0 Å². The molecule has 2 heterocycles. The molecule has 1 amide bonds. The summed E-state index contributed by atoms with van der Waals surface area (Å²) < 4.78 is 70.3. The van der Waals surface area contributed by atoms with Gasteiger partial charge in [0.05, 0.1) is 24.9 Å². The molecule has 4 aliphatic rings. The van der Waals surface area contributed by atoms with E-state index in [4.69, 9.17) is 23.7 Å². The van der Waals surface area contributed by atoms with Gasteiger partial charge in [0.15, 0.2) is 18.7 Å². The molecular weight excluding hydrogens is 651 g/mol. The SMILES string of the molecule is CC[C@H]1CCCC(O[C@@H]2O[C@H](CO)[C@H](O)[C@H](OC(CC3CCCCC3)C(=O)O)[C@H]2NC(=O)C(F)(F)F)[C@@H]1OC1O[C@@H](C)[C@@H](O)[C@H](O)[C@@H]1O. The van der Waals surface area contributed by atoms with Crippen molar-refractivity contribution in [1.29, 1.82) is 0 Å². The Morgan fingerprint density at radius 1 is 0.875 bits per heavy atom. The van der Waals surface area contributed by atoms with Gasteiger partial charge in [-0.15, -0.1) is 0 Å². The summed E-state index contributed by atoms with van der Waals surface area (Å²) in [4.78, 5) is 24.6. The van der Waals surface area contributed by atoms with Crippen molar-refractivity contribution < 1.29 is 77.1 Å². The standard InChI is InChI=1S/C31H50F3NO13/c1-3-16-10-7-11-17(25(16)48-29-24(40)23(39)21(37)14(2)44-29)46-28-20(35-30(43)31(32,33)34)26(22(38)19(13-36)47-28)45-18(27(41)42)12-15-8-5-4-6-9-15/h14-26,28-29,36-40H,3-13H2,1-2H3,(H,35,43)(H,41,42)/t14-,16-,17?,18?,19+,20+,21+,22-,23-,24-,25+,26+,28+,29?/m0/s1. The summed E-state index contributed by atoms with van der Waals surface area (Å²) in [5.41, 5.74) is 0. The maximum Gasteiger partial charge on any atom is 0.471 e. The van der Waals surface area contributed by atoms with Gasteiger partial charge in [-0.25, -0.2) is 4.79 Å². The molecule has 0 spiro atoms. The number of carboxylic acids is 1. The van der Waals surface area contributed by atoms with E-state index in [9.17, 15) is 53.4 Å². The Bertz CT molecular complexity index is 1050. The number of amides is 1. The number of aliphatic hydroxyl groups excluding tert-OH is 5. The number of aliphatic hydroxyl groups is 5. The van der Waals surface area contributed by atoms with E-state index in [0.717, 1.165) is 32.1 Å². The Hall–Kier alpha value is -1.67. The summed E-state index contributed by atoms with van der Waals surface area (Å²) in [6.07, 6.45) is -16.4. The average Bonchev–Trinajstić information content (AvgIpc) is 3.05. The van der Waals surface area contributed by atoms with Gasteiger partial charge in [0.25, 0.3) is 0 Å². The predicted octanol–water partition coefficient (Wildman–Crippen LogP) is 0.728. The second kappa shape index (κ2) is 17.0. The quantitative estimate of drug-likeness (QED) is 0.150. The fourth-order valence-corrected chi connectivity index (χ4v) is 7.31. The van der Waals surface area contributed by atoms with Crippen LogP contribution < -0.4 is 5.32 Å². The number of ether oxygens (including phenoxy) is 5. The molecule has 0 radical (unpaired) electrons. The van der Waals surface area contributed by atoms with Crippen molar-refractivity contribution in [3.63, 3.8) is 0 Å². The predicted molar refractivity (Wildman–Crippen MR) is 157 cm³/mol. The number of aliphatic carboxylic acids is 1. The zero-order chi connectivity index (χ0) is 35.3. The highest BCUT2D eigenvalue weighted by molar-refractivity contribution is 5.82. The minimum atomic E-state index is -5.37. The summed E-state index contributed by atoms with van der Waals surface area (Å²) >= 11 is 0. The van der Waals surface area contributed by atoms with Crippen molar-refractivity contribution in [2.24, 2.45) is 11.8 Å². The van der Waals surface area contributed by atoms with Gasteiger partial charge in [-0.1, -0.05) is 51.9 Å². The molecule has 0 aromatic heterocycles. The highest BCUT2D eigenvalue weighted by Gasteiger charge is 2.53. The van der Waals surface area contributed by atoms with Crippen molar-refractivity contribution in [3.05, 3.63) is 0 Å². The molecule has 7 N–H and O–H groups in total. The third-order valence-electron chi connectivity index (χ3n) is 10.1. The lowest BCUT2D eigenvalue weighted by atomic mass is 9.82. The lowest BCUT2D eigenvalue weighted by Crippen LogP contribution is -2.68. The number of hydrogen-bond donors (Lipinski definition) is 7. The third-order valence-corrected chi connectivity index (χ3v) is 10.1. The van der Waals surface area contributed by atoms with Gasteiger partial charge in [0, 0.05) is 0 Å². The molecule has 17 heteroatoms. The monoisotopic (exact) mass is 701 g/mol. The van der Waals surface area contributed by atoms with Gasteiger partial charge >= 0.3 is 18.1 Å². The molecule has 3 unspecified atom stereocenters. The Kier molecular flexibility index (Phi) is 13.9. The third kappa shape index (κ3) is 9.35. The number of carboxylic acid groups (broad SMARTS) is 1. The van der Waals surface area contributed by atoms with Crippen LogP contribution in [0, 0.1) is 11.8 Å². The van der Waals surface area contributed by atoms with Crippen molar-refractivity contribution in [2.45, 2.75) is 164 Å². The first kappa shape index (κ1) is 39.1. The van der Waals surface area contributed by atoms with Crippen LogP contribution >= 0.6 is 0 Å². The molecule has 2 saturated heterocycles. The molecule has 4 rings (SSSR count). The summed E-state index contributed by atoms with van der Waals surface area (Å²) in [5, 5.41) is 64.0. The van der Waals surface area contributed by atoms with Gasteiger partial charge < -0.3 is 59.6 Å². The lowest BCUT2D eigenvalue weighted by Gasteiger charge is -2.48. The van der Waals surface area contributed by atoms with E-state index in [2.05, 4.69) is 0 Å². The first-order valence-electron chi connectivity index (χ1n) is 16.9. The van der Waals surface area contributed by atoms with Gasteiger partial charge in [0.2, 0.25) is 0 Å². The fourth-order valence-electron chi connectivity index (χ4n) is 7.31. The van der Waals surface area contributed by atoms with Gasteiger partial charge in [-0.05, 0) is 38.0 Å². The van der Waals surface area contributed by atoms with Crippen LogP contribution in [0.4, 0.5) is 13.2 Å². The molecule has 0 aromatic rings. The van der Waals surface area contributed by atoms with E-state index >= 15 is 0 Å². The number of rotatable bonds is 12. The number of halogens is 3. The molecule has 14 nitrogen and oxygen atoms in total. The number of alkyl halides is 3. The maximum absolute atomic E-state index is 13.6. The molecule has 2 aliphatic heterocycles. The van der Waals surface area contributed by atoms with Crippen LogP contribution in [0.15, 0.2) is 0 Å². The Morgan fingerprint density at radius 3 is 2.17 bits per heavy atom. The number of hydrogen-bond acceptors (Lipinski definition) is 12. The molecule has 278 valence electrons. The lowest BCUT2D eigenvalue weighted by molar-refractivity contribution is -0.337. The first-order valence-corrected chi connectivity index (χ1v) is 16.9. The molecule has 2 aliphatic carbocycles. The summed E-state index contributed by atoms with van der Waals surface area (Å²) in [5.74, 6) is -4.08. The van der Waals surface area contributed by atoms with Crippen LogP contribution in [0.1, 0.15) is 78.1 Å². The van der Waals surface area contributed by atoms with Crippen LogP contribution in [0.3, 0.4) is 0 Å². The van der Waals surface area contributed by atoms with Crippen LogP contribution in [0.5, 0.6) is 0 Å². The fraction of sp³-hybridized carbons (Fsp3) is 0.935. The molecule has 4 fully saturated rings. The highest BCUT2D eigenvalue weighted by atomic mass is 19.4. The van der Waals surface area contributed by atoms with Crippen molar-refractivity contribution in [2.75, 3.05) is 6.61 Å². The van der Waals surface area contributed by atoms with Crippen LogP contribution in [-0.4, -0.2) is 135 Å². The Balaban J connectivity index is 1.63. The minimum absolute atomic E-state index is 0.0219. The molecule has 14 atom stereocenters. The molecule has 48 heavy (non-hydrogen) atoms. The maximum atomic E-state index is 13.6. The van der Waals surface area contributed by atoms with E-state index < -0.39 is 104 Å². The van der Waals surface area contributed by atoms with Crippen LogP contribution in [-0.2, 0) is 33.3 Å². The minimum Gasteiger partial charge on any atom is -0.479 e. The summed E-state index contributed by atoms with van der Waals surface area (Å²) in [7, 11) is 0. The summed E-state index contributed by atoms with van der Waals surface area (Å²) in [6, 6.07) is -1.89. The van der Waals surface area contributed by atoms with E-state index in [1.807, 2.05) is 6.92 Å². The van der Waals surface area contributed by atoms with E-state index in [-0.39, 0.29) is 24.7 Å². The van der Waals surface area contributed by atoms with Gasteiger partial charge in [0.1, 0.15) is 42.7 Å². The second-order valence-corrected chi connectivity index (χ2v) is 13.4. The number of nitrogens with one attached hydrogen (secondary N) is 1. The molecule has 0 bridgehead atoms. The molecular formula is C31H50F3NO13. The Labute approximate surface area is 276 Å². The molecule has 0 aromatic carbocycles. The highest BCUT2D eigenvalue weighted by Crippen LogP contribution is 2.38. The smallest absolute Gasteiger partial charge is 0.471 e. The van der Waals surface area contributed by atoms with Crippen molar-refractivity contribution in [1.82, 2.24) is 5.32 Å². The zero-order valence-corrected chi connectivity index (χ0v) is 27.1. The normalized spacial score (nSPS) is 40.7. The van der Waals surface area contributed by atoms with Gasteiger partial charge in [-0.3, -0.25) is 4.79 Å². The van der Waals surface area contributed by atoms with E-state index in [0.29, 0.717) is 19.3 Å². The second-order valence-electron chi connectivity index (χ2n) is 13.4. The average molecular weight is 702 g/mol. The number of carbonyl (C=O) groups excluding carboxylic acids is 1. The topological polar surface area (TPSA) is 214 Å². The van der Waals surface area contributed by atoms with Gasteiger partial charge in [-0.2, -0.15) is 13.2 Å².